The zero-order valence-electron chi connectivity index (χ0n) is 13.1. The number of anilines is 1. The number of rotatable bonds is 3. The van der Waals surface area contributed by atoms with Crippen LogP contribution in [0.1, 0.15) is 0 Å². The molecule has 0 amide bonds. The minimum Gasteiger partial charge on any atom is -0.406 e. The van der Waals surface area contributed by atoms with Crippen LogP contribution in [0.5, 0.6) is 5.75 Å². The predicted molar refractivity (Wildman–Crippen MR) is 88.3 cm³/mol. The molecule has 0 atom stereocenters. The van der Waals surface area contributed by atoms with Crippen molar-refractivity contribution in [2.24, 2.45) is 0 Å². The van der Waals surface area contributed by atoms with E-state index in [1.807, 2.05) is 0 Å². The highest BCUT2D eigenvalue weighted by Crippen LogP contribution is 2.31. The number of alkyl halides is 3. The van der Waals surface area contributed by atoms with Crippen LogP contribution < -0.4 is 10.5 Å². The van der Waals surface area contributed by atoms with E-state index in [1.54, 1.807) is 12.1 Å². The standard InChI is InChI=1S/C19H12F5NO/c20-16-9-14(25)10-17(21)18(16)13-3-1-11(2-4-13)12-5-7-15(8-6-12)26-19(22,23)24/h1-10H,25H2. The van der Waals surface area contributed by atoms with Gasteiger partial charge in [-0.2, -0.15) is 0 Å². The number of hydrogen-bond acceptors (Lipinski definition) is 2. The molecule has 0 bridgehead atoms. The summed E-state index contributed by atoms with van der Waals surface area (Å²) in [5, 5.41) is 0. The average Bonchev–Trinajstić information content (AvgIpc) is 2.54. The van der Waals surface area contributed by atoms with E-state index < -0.39 is 18.0 Å². The van der Waals surface area contributed by atoms with Crippen molar-refractivity contribution in [1.82, 2.24) is 0 Å². The molecule has 3 rings (SSSR count). The van der Waals surface area contributed by atoms with Crippen molar-refractivity contribution in [3.8, 4) is 28.0 Å². The smallest absolute Gasteiger partial charge is 0.406 e. The maximum absolute atomic E-state index is 14.0. The third kappa shape index (κ3) is 3.93. The molecule has 0 aliphatic carbocycles. The molecule has 0 saturated heterocycles. The summed E-state index contributed by atoms with van der Waals surface area (Å²) in [5.41, 5.74) is 6.81. The van der Waals surface area contributed by atoms with Gasteiger partial charge in [0, 0.05) is 5.69 Å². The molecule has 2 nitrogen and oxygen atoms in total. The van der Waals surface area contributed by atoms with E-state index in [2.05, 4.69) is 4.74 Å². The molecule has 2 N–H and O–H groups in total. The van der Waals surface area contributed by atoms with E-state index in [9.17, 15) is 22.0 Å². The second-order valence-electron chi connectivity index (χ2n) is 5.51. The minimum absolute atomic E-state index is 0.0125. The quantitative estimate of drug-likeness (QED) is 0.472. The molecule has 0 aliphatic heterocycles. The third-order valence-electron chi connectivity index (χ3n) is 3.66. The first-order valence-electron chi connectivity index (χ1n) is 7.44. The summed E-state index contributed by atoms with van der Waals surface area (Å²) >= 11 is 0. The van der Waals surface area contributed by atoms with Crippen molar-refractivity contribution in [1.29, 1.82) is 0 Å². The molecular weight excluding hydrogens is 353 g/mol. The monoisotopic (exact) mass is 365 g/mol. The number of hydrogen-bond donors (Lipinski definition) is 1. The Bertz CT molecular complexity index is 895. The van der Waals surface area contributed by atoms with Gasteiger partial charge in [0.25, 0.3) is 0 Å². The fourth-order valence-electron chi connectivity index (χ4n) is 2.55. The van der Waals surface area contributed by atoms with Gasteiger partial charge in [-0.05, 0) is 41.0 Å². The maximum atomic E-state index is 14.0. The molecule has 3 aromatic carbocycles. The summed E-state index contributed by atoms with van der Waals surface area (Å²) in [5.74, 6) is -1.88. The van der Waals surface area contributed by atoms with Crippen molar-refractivity contribution in [2.45, 2.75) is 6.36 Å². The van der Waals surface area contributed by atoms with E-state index >= 15 is 0 Å². The lowest BCUT2D eigenvalue weighted by atomic mass is 9.99. The Hall–Kier alpha value is -3.09. The van der Waals surface area contributed by atoms with Gasteiger partial charge in [-0.1, -0.05) is 36.4 Å². The Morgan fingerprint density at radius 1 is 0.692 bits per heavy atom. The summed E-state index contributed by atoms with van der Waals surface area (Å²) in [7, 11) is 0. The van der Waals surface area contributed by atoms with Gasteiger partial charge < -0.3 is 10.5 Å². The first kappa shape index (κ1) is 17.7. The maximum Gasteiger partial charge on any atom is 0.573 e. The SMILES string of the molecule is Nc1cc(F)c(-c2ccc(-c3ccc(OC(F)(F)F)cc3)cc2)c(F)c1. The minimum atomic E-state index is -4.75. The van der Waals surface area contributed by atoms with Crippen LogP contribution in [0, 0.1) is 11.6 Å². The first-order valence-corrected chi connectivity index (χ1v) is 7.44. The molecule has 0 spiro atoms. The lowest BCUT2D eigenvalue weighted by Gasteiger charge is -2.10. The van der Waals surface area contributed by atoms with Gasteiger partial charge in [-0.15, -0.1) is 13.2 Å². The van der Waals surface area contributed by atoms with E-state index in [1.165, 1.54) is 36.4 Å². The fourth-order valence-corrected chi connectivity index (χ4v) is 2.55. The summed E-state index contributed by atoms with van der Waals surface area (Å²) in [4.78, 5) is 0. The number of halogens is 5. The molecule has 0 aliphatic rings. The lowest BCUT2D eigenvalue weighted by molar-refractivity contribution is -0.274. The summed E-state index contributed by atoms with van der Waals surface area (Å²) in [6.45, 7) is 0. The Morgan fingerprint density at radius 2 is 1.12 bits per heavy atom. The van der Waals surface area contributed by atoms with Gasteiger partial charge in [0.1, 0.15) is 17.4 Å². The highest BCUT2D eigenvalue weighted by atomic mass is 19.4. The molecule has 0 fully saturated rings. The summed E-state index contributed by atoms with van der Waals surface area (Å²) in [6.07, 6.45) is -4.75. The van der Waals surface area contributed by atoms with Crippen molar-refractivity contribution in [2.75, 3.05) is 5.73 Å². The van der Waals surface area contributed by atoms with Crippen LogP contribution in [-0.2, 0) is 0 Å². The lowest BCUT2D eigenvalue weighted by Crippen LogP contribution is -2.16. The van der Waals surface area contributed by atoms with E-state index in [4.69, 9.17) is 5.73 Å². The van der Waals surface area contributed by atoms with Gasteiger partial charge in [0.2, 0.25) is 0 Å². The Labute approximate surface area is 145 Å². The third-order valence-corrected chi connectivity index (χ3v) is 3.66. The molecule has 3 aromatic rings. The molecular formula is C19H12F5NO. The number of nitrogen functional groups attached to an aromatic ring is 1. The number of benzene rings is 3. The normalized spacial score (nSPS) is 11.4. The molecule has 0 saturated carbocycles. The Balaban J connectivity index is 1.86. The zero-order valence-corrected chi connectivity index (χ0v) is 13.1. The van der Waals surface area contributed by atoms with Crippen LogP contribution in [-0.4, -0.2) is 6.36 Å². The molecule has 26 heavy (non-hydrogen) atoms. The largest absolute Gasteiger partial charge is 0.573 e. The van der Waals surface area contributed by atoms with Crippen molar-refractivity contribution in [3.05, 3.63) is 72.3 Å². The molecule has 0 radical (unpaired) electrons. The molecule has 0 unspecified atom stereocenters. The Morgan fingerprint density at radius 3 is 1.58 bits per heavy atom. The van der Waals surface area contributed by atoms with Gasteiger partial charge >= 0.3 is 6.36 Å². The van der Waals surface area contributed by atoms with Crippen molar-refractivity contribution in [3.63, 3.8) is 0 Å². The van der Waals surface area contributed by atoms with E-state index in [-0.39, 0.29) is 17.0 Å². The van der Waals surface area contributed by atoms with Crippen LogP contribution in [0.2, 0.25) is 0 Å². The fraction of sp³-hybridized carbons (Fsp3) is 0.0526. The average molecular weight is 365 g/mol. The molecule has 134 valence electrons. The predicted octanol–water partition coefficient (Wildman–Crippen LogP) is 5.78. The first-order chi connectivity index (χ1) is 12.2. The second kappa shape index (κ2) is 6.67. The number of nitrogens with two attached hydrogens (primary N) is 1. The van der Waals surface area contributed by atoms with Gasteiger partial charge in [0.05, 0.1) is 5.56 Å². The Kier molecular flexibility index (Phi) is 4.54. The highest BCUT2D eigenvalue weighted by Gasteiger charge is 2.30. The topological polar surface area (TPSA) is 35.2 Å². The van der Waals surface area contributed by atoms with Crippen molar-refractivity contribution < 1.29 is 26.7 Å². The van der Waals surface area contributed by atoms with Crippen LogP contribution in [0.25, 0.3) is 22.3 Å². The number of ether oxygens (including phenoxy) is 1. The molecule has 0 heterocycles. The molecule has 7 heteroatoms. The van der Waals surface area contributed by atoms with Crippen LogP contribution in [0.15, 0.2) is 60.7 Å². The van der Waals surface area contributed by atoms with E-state index in [0.717, 1.165) is 12.1 Å². The second-order valence-corrected chi connectivity index (χ2v) is 5.51. The molecule has 0 aromatic heterocycles. The van der Waals surface area contributed by atoms with Crippen molar-refractivity contribution >= 4 is 5.69 Å². The summed E-state index contributed by atoms with van der Waals surface area (Å²) < 4.78 is 68.3. The van der Waals surface area contributed by atoms with Crippen LogP contribution in [0.4, 0.5) is 27.6 Å². The zero-order chi connectivity index (χ0) is 18.9. The highest BCUT2D eigenvalue weighted by molar-refractivity contribution is 5.72. The van der Waals surface area contributed by atoms with Gasteiger partial charge in [-0.25, -0.2) is 8.78 Å². The van der Waals surface area contributed by atoms with Gasteiger partial charge in [-0.3, -0.25) is 0 Å². The van der Waals surface area contributed by atoms with E-state index in [0.29, 0.717) is 16.7 Å². The van der Waals surface area contributed by atoms with Gasteiger partial charge in [0.15, 0.2) is 0 Å². The van der Waals surface area contributed by atoms with Crippen LogP contribution >= 0.6 is 0 Å². The summed E-state index contributed by atoms with van der Waals surface area (Å²) in [6, 6.07) is 13.6. The van der Waals surface area contributed by atoms with Crippen LogP contribution in [0.3, 0.4) is 0 Å².